The highest BCUT2D eigenvalue weighted by Gasteiger charge is 2.07. The minimum atomic E-state index is 0.653. The Morgan fingerprint density at radius 3 is 2.56 bits per heavy atom. The van der Waals surface area contributed by atoms with Gasteiger partial charge in [0.15, 0.2) is 0 Å². The van der Waals surface area contributed by atoms with Gasteiger partial charge in [0.1, 0.15) is 6.07 Å². The molecule has 1 heterocycles. The number of nitriles is 1. The highest BCUT2D eigenvalue weighted by atomic mass is 15.1. The van der Waals surface area contributed by atoms with Crippen LogP contribution in [0.15, 0.2) is 6.07 Å². The monoisotopic (exact) mass is 246 g/mol. The van der Waals surface area contributed by atoms with E-state index in [1.807, 2.05) is 19.9 Å². The third kappa shape index (κ3) is 3.71. The van der Waals surface area contributed by atoms with E-state index >= 15 is 0 Å². The average Bonchev–Trinajstić information content (AvgIpc) is 2.34. The number of anilines is 1. The maximum atomic E-state index is 9.15. The number of nitrogens with zero attached hydrogens (tertiary/aromatic N) is 3. The summed E-state index contributed by atoms with van der Waals surface area (Å²) in [5.74, 6) is 0. The second-order valence-electron chi connectivity index (χ2n) is 4.34. The number of likely N-dealkylation sites (N-methyl/N-ethyl adjacent to an activating group) is 1. The van der Waals surface area contributed by atoms with E-state index in [2.05, 4.69) is 35.1 Å². The number of rotatable bonds is 6. The first kappa shape index (κ1) is 14.5. The molecule has 4 nitrogen and oxygen atoms in total. The molecule has 1 aromatic heterocycles. The Bertz CT molecular complexity index is 430. The van der Waals surface area contributed by atoms with Crippen LogP contribution in [0.3, 0.4) is 0 Å². The summed E-state index contributed by atoms with van der Waals surface area (Å²) in [6.07, 6.45) is 0. The van der Waals surface area contributed by atoms with Gasteiger partial charge in [-0.25, -0.2) is 0 Å². The summed E-state index contributed by atoms with van der Waals surface area (Å²) in [5.41, 5.74) is 3.29. The summed E-state index contributed by atoms with van der Waals surface area (Å²) in [6.45, 7) is 12.1. The molecule has 0 amide bonds. The quantitative estimate of drug-likeness (QED) is 0.837. The summed E-state index contributed by atoms with van der Waals surface area (Å²) in [4.78, 5) is 6.65. The smallest absolute Gasteiger partial charge is 0.103 e. The van der Waals surface area contributed by atoms with E-state index in [1.54, 1.807) is 0 Å². The molecule has 4 heteroatoms. The molecular weight excluding hydrogens is 224 g/mol. The van der Waals surface area contributed by atoms with Gasteiger partial charge in [0.05, 0.1) is 16.9 Å². The summed E-state index contributed by atoms with van der Waals surface area (Å²) in [5, 5.41) is 12.5. The Balaban J connectivity index is 2.70. The molecule has 0 radical (unpaired) electrons. The Kier molecular flexibility index (Phi) is 5.60. The Morgan fingerprint density at radius 2 is 2.00 bits per heavy atom. The van der Waals surface area contributed by atoms with Gasteiger partial charge < -0.3 is 10.2 Å². The van der Waals surface area contributed by atoms with Gasteiger partial charge in [-0.05, 0) is 33.0 Å². The Morgan fingerprint density at radius 1 is 1.33 bits per heavy atom. The lowest BCUT2D eigenvalue weighted by Crippen LogP contribution is -2.28. The van der Waals surface area contributed by atoms with E-state index in [-0.39, 0.29) is 0 Å². The van der Waals surface area contributed by atoms with Crippen molar-refractivity contribution in [1.29, 1.82) is 5.26 Å². The van der Waals surface area contributed by atoms with Crippen molar-refractivity contribution in [1.82, 2.24) is 9.88 Å². The number of hydrogen-bond acceptors (Lipinski definition) is 4. The van der Waals surface area contributed by atoms with Crippen LogP contribution in [0.1, 0.15) is 30.8 Å². The van der Waals surface area contributed by atoms with Gasteiger partial charge in [0.25, 0.3) is 0 Å². The topological polar surface area (TPSA) is 52.0 Å². The van der Waals surface area contributed by atoms with Crippen LogP contribution in [-0.2, 0) is 0 Å². The van der Waals surface area contributed by atoms with E-state index in [4.69, 9.17) is 5.26 Å². The van der Waals surface area contributed by atoms with Gasteiger partial charge in [-0.2, -0.15) is 5.26 Å². The van der Waals surface area contributed by atoms with Crippen molar-refractivity contribution in [2.24, 2.45) is 0 Å². The second-order valence-corrected chi connectivity index (χ2v) is 4.34. The SMILES string of the molecule is CCN(CC)CCNc1cc(C)nc(C)c1C#N. The van der Waals surface area contributed by atoms with Crippen LogP contribution in [0.25, 0.3) is 0 Å². The summed E-state index contributed by atoms with van der Waals surface area (Å²) in [6, 6.07) is 4.16. The molecule has 0 bridgehead atoms. The van der Waals surface area contributed by atoms with Crippen LogP contribution in [0.4, 0.5) is 5.69 Å². The maximum Gasteiger partial charge on any atom is 0.103 e. The lowest BCUT2D eigenvalue weighted by molar-refractivity contribution is 0.316. The molecule has 98 valence electrons. The molecule has 0 fully saturated rings. The fourth-order valence-electron chi connectivity index (χ4n) is 2.00. The zero-order valence-corrected chi connectivity index (χ0v) is 11.7. The first-order valence-corrected chi connectivity index (χ1v) is 6.46. The lowest BCUT2D eigenvalue weighted by Gasteiger charge is -2.19. The third-order valence-corrected chi connectivity index (χ3v) is 3.08. The van der Waals surface area contributed by atoms with Gasteiger partial charge in [-0.3, -0.25) is 4.98 Å². The van der Waals surface area contributed by atoms with Crippen LogP contribution in [-0.4, -0.2) is 36.1 Å². The van der Waals surface area contributed by atoms with Crippen molar-refractivity contribution in [2.75, 3.05) is 31.5 Å². The van der Waals surface area contributed by atoms with Gasteiger partial charge in [0, 0.05) is 18.8 Å². The zero-order chi connectivity index (χ0) is 13.5. The van der Waals surface area contributed by atoms with Crippen LogP contribution >= 0.6 is 0 Å². The van der Waals surface area contributed by atoms with Crippen molar-refractivity contribution in [3.63, 3.8) is 0 Å². The standard InChI is InChI=1S/C14H22N4/c1-5-18(6-2)8-7-16-14-9-11(3)17-12(4)13(14)10-15/h9H,5-8H2,1-4H3,(H,16,17). The summed E-state index contributed by atoms with van der Waals surface area (Å²) in [7, 11) is 0. The molecule has 0 saturated heterocycles. The molecule has 0 aromatic carbocycles. The molecule has 1 rings (SSSR count). The number of nitrogens with one attached hydrogen (secondary N) is 1. The zero-order valence-electron chi connectivity index (χ0n) is 11.7. The van der Waals surface area contributed by atoms with Crippen molar-refractivity contribution >= 4 is 5.69 Å². The van der Waals surface area contributed by atoms with Crippen molar-refractivity contribution < 1.29 is 0 Å². The molecule has 18 heavy (non-hydrogen) atoms. The minimum absolute atomic E-state index is 0.653. The average molecular weight is 246 g/mol. The number of pyridine rings is 1. The van der Waals surface area contributed by atoms with E-state index in [1.165, 1.54) is 0 Å². The van der Waals surface area contributed by atoms with Crippen molar-refractivity contribution in [2.45, 2.75) is 27.7 Å². The molecule has 0 aliphatic carbocycles. The van der Waals surface area contributed by atoms with E-state index in [9.17, 15) is 0 Å². The molecular formula is C14H22N4. The number of aryl methyl sites for hydroxylation is 2. The number of hydrogen-bond donors (Lipinski definition) is 1. The lowest BCUT2D eigenvalue weighted by atomic mass is 10.1. The first-order valence-electron chi connectivity index (χ1n) is 6.46. The normalized spacial score (nSPS) is 10.4. The van der Waals surface area contributed by atoms with E-state index in [0.29, 0.717) is 5.56 Å². The van der Waals surface area contributed by atoms with Gasteiger partial charge in [-0.15, -0.1) is 0 Å². The maximum absolute atomic E-state index is 9.15. The van der Waals surface area contributed by atoms with Crippen molar-refractivity contribution in [3.8, 4) is 6.07 Å². The first-order chi connectivity index (χ1) is 8.62. The molecule has 1 aromatic rings. The van der Waals surface area contributed by atoms with E-state index < -0.39 is 0 Å². The molecule has 0 spiro atoms. The fourth-order valence-corrected chi connectivity index (χ4v) is 2.00. The third-order valence-electron chi connectivity index (χ3n) is 3.08. The fraction of sp³-hybridized carbons (Fsp3) is 0.571. The van der Waals surface area contributed by atoms with Crippen LogP contribution < -0.4 is 5.32 Å². The molecule has 0 saturated carbocycles. The van der Waals surface area contributed by atoms with Crippen LogP contribution in [0.5, 0.6) is 0 Å². The summed E-state index contributed by atoms with van der Waals surface area (Å²) < 4.78 is 0. The molecule has 1 N–H and O–H groups in total. The Hall–Kier alpha value is -1.60. The van der Waals surface area contributed by atoms with Gasteiger partial charge >= 0.3 is 0 Å². The minimum Gasteiger partial charge on any atom is -0.383 e. The van der Waals surface area contributed by atoms with Crippen molar-refractivity contribution in [3.05, 3.63) is 23.0 Å². The number of aromatic nitrogens is 1. The van der Waals surface area contributed by atoms with Gasteiger partial charge in [0.2, 0.25) is 0 Å². The predicted molar refractivity (Wildman–Crippen MR) is 74.7 cm³/mol. The molecule has 0 aliphatic rings. The predicted octanol–water partition coefficient (Wildman–Crippen LogP) is 2.32. The Labute approximate surface area is 110 Å². The largest absolute Gasteiger partial charge is 0.383 e. The summed E-state index contributed by atoms with van der Waals surface area (Å²) >= 11 is 0. The van der Waals surface area contributed by atoms with E-state index in [0.717, 1.165) is 43.3 Å². The van der Waals surface area contributed by atoms with Crippen LogP contribution in [0.2, 0.25) is 0 Å². The molecule has 0 unspecified atom stereocenters. The molecule has 0 aliphatic heterocycles. The highest BCUT2D eigenvalue weighted by Crippen LogP contribution is 2.18. The highest BCUT2D eigenvalue weighted by molar-refractivity contribution is 5.59. The second kappa shape index (κ2) is 6.97. The van der Waals surface area contributed by atoms with Crippen LogP contribution in [0, 0.1) is 25.2 Å². The van der Waals surface area contributed by atoms with Gasteiger partial charge in [-0.1, -0.05) is 13.8 Å². The molecule has 0 atom stereocenters.